The molecule has 0 bridgehead atoms. The van der Waals surface area contributed by atoms with Gasteiger partial charge >= 0.3 is 0 Å². The summed E-state index contributed by atoms with van der Waals surface area (Å²) in [7, 11) is 0. The van der Waals surface area contributed by atoms with Crippen LogP contribution in [0.25, 0.3) is 11.4 Å². The monoisotopic (exact) mass is 295 g/mol. The average molecular weight is 296 g/mol. The van der Waals surface area contributed by atoms with E-state index in [4.69, 9.17) is 10.3 Å². The second kappa shape index (κ2) is 5.42. The summed E-state index contributed by atoms with van der Waals surface area (Å²) >= 11 is 3.38. The molecular formula is C12H14BrN3O. The Kier molecular flexibility index (Phi) is 3.91. The largest absolute Gasteiger partial charge is 0.337 e. The molecule has 0 spiro atoms. The lowest BCUT2D eigenvalue weighted by atomic mass is 10.2. The summed E-state index contributed by atoms with van der Waals surface area (Å²) in [6.45, 7) is 2.08. The highest BCUT2D eigenvalue weighted by molar-refractivity contribution is 9.10. The number of halogens is 1. The lowest BCUT2D eigenvalue weighted by Gasteiger charge is -2.02. The van der Waals surface area contributed by atoms with Crippen molar-refractivity contribution in [3.8, 4) is 11.4 Å². The Morgan fingerprint density at radius 1 is 1.35 bits per heavy atom. The Bertz CT molecular complexity index is 481. The van der Waals surface area contributed by atoms with E-state index in [-0.39, 0.29) is 6.04 Å². The first-order valence-corrected chi connectivity index (χ1v) is 6.35. The maximum Gasteiger partial charge on any atom is 0.243 e. The molecule has 0 aliphatic carbocycles. The first-order chi connectivity index (χ1) is 8.20. The van der Waals surface area contributed by atoms with Gasteiger partial charge in [-0.1, -0.05) is 34.4 Å². The summed E-state index contributed by atoms with van der Waals surface area (Å²) in [6.07, 6.45) is 1.85. The number of aromatic nitrogens is 2. The van der Waals surface area contributed by atoms with E-state index in [2.05, 4.69) is 33.0 Å². The minimum absolute atomic E-state index is 0.170. The normalized spacial score (nSPS) is 12.6. The molecule has 1 aromatic heterocycles. The molecule has 0 aliphatic heterocycles. The molecule has 5 heteroatoms. The third-order valence-electron chi connectivity index (χ3n) is 2.46. The van der Waals surface area contributed by atoms with Gasteiger partial charge in [0.2, 0.25) is 11.7 Å². The molecule has 0 aliphatic rings. The Balaban J connectivity index is 2.20. The Labute approximate surface area is 108 Å². The van der Waals surface area contributed by atoms with Gasteiger partial charge in [0.1, 0.15) is 0 Å². The van der Waals surface area contributed by atoms with Gasteiger partial charge < -0.3 is 10.3 Å². The summed E-state index contributed by atoms with van der Waals surface area (Å²) in [5, 5.41) is 3.94. The van der Waals surface area contributed by atoms with Gasteiger partial charge in [-0.2, -0.15) is 4.98 Å². The molecule has 0 saturated heterocycles. The molecular weight excluding hydrogens is 282 g/mol. The van der Waals surface area contributed by atoms with E-state index >= 15 is 0 Å². The van der Waals surface area contributed by atoms with Gasteiger partial charge in [0, 0.05) is 10.0 Å². The number of nitrogens with two attached hydrogens (primary N) is 1. The van der Waals surface area contributed by atoms with E-state index in [0.717, 1.165) is 22.9 Å². The minimum atomic E-state index is -0.170. The molecule has 2 aromatic rings. The van der Waals surface area contributed by atoms with Crippen LogP contribution < -0.4 is 5.73 Å². The molecule has 2 N–H and O–H groups in total. The third kappa shape index (κ3) is 2.92. The quantitative estimate of drug-likeness (QED) is 0.940. The van der Waals surface area contributed by atoms with Gasteiger partial charge in [-0.25, -0.2) is 0 Å². The summed E-state index contributed by atoms with van der Waals surface area (Å²) in [4.78, 5) is 4.31. The van der Waals surface area contributed by atoms with Gasteiger partial charge in [0.15, 0.2) is 0 Å². The fraction of sp³-hybridized carbons (Fsp3) is 0.333. The second-order valence-electron chi connectivity index (χ2n) is 3.86. The molecule has 0 amide bonds. The van der Waals surface area contributed by atoms with Gasteiger partial charge in [0.25, 0.3) is 0 Å². The zero-order chi connectivity index (χ0) is 12.3. The molecule has 0 radical (unpaired) electrons. The van der Waals surface area contributed by atoms with E-state index in [0.29, 0.717) is 11.7 Å². The minimum Gasteiger partial charge on any atom is -0.337 e. The first kappa shape index (κ1) is 12.3. The third-order valence-corrected chi connectivity index (χ3v) is 2.99. The maximum atomic E-state index is 5.92. The molecule has 1 atom stereocenters. The zero-order valence-corrected chi connectivity index (χ0v) is 11.1. The SMILES string of the molecule is CCCC(N)c1nc(-c2ccc(Br)cc2)no1. The van der Waals surface area contributed by atoms with Crippen LogP contribution in [0.4, 0.5) is 0 Å². The summed E-state index contributed by atoms with van der Waals surface area (Å²) in [6, 6.07) is 7.58. The lowest BCUT2D eigenvalue weighted by molar-refractivity contribution is 0.348. The van der Waals surface area contributed by atoms with Crippen molar-refractivity contribution in [2.24, 2.45) is 5.73 Å². The van der Waals surface area contributed by atoms with Crippen molar-refractivity contribution in [1.29, 1.82) is 0 Å². The maximum absolute atomic E-state index is 5.92. The highest BCUT2D eigenvalue weighted by atomic mass is 79.9. The van der Waals surface area contributed by atoms with E-state index in [9.17, 15) is 0 Å². The second-order valence-corrected chi connectivity index (χ2v) is 4.77. The average Bonchev–Trinajstić information content (AvgIpc) is 2.80. The van der Waals surface area contributed by atoms with Crippen molar-refractivity contribution in [1.82, 2.24) is 10.1 Å². The zero-order valence-electron chi connectivity index (χ0n) is 9.56. The van der Waals surface area contributed by atoms with E-state index in [1.165, 1.54) is 0 Å². The smallest absolute Gasteiger partial charge is 0.243 e. The highest BCUT2D eigenvalue weighted by Gasteiger charge is 2.14. The first-order valence-electron chi connectivity index (χ1n) is 5.56. The van der Waals surface area contributed by atoms with Crippen LogP contribution in [-0.4, -0.2) is 10.1 Å². The van der Waals surface area contributed by atoms with Gasteiger partial charge in [-0.05, 0) is 30.7 Å². The molecule has 1 unspecified atom stereocenters. The van der Waals surface area contributed by atoms with Crippen molar-refractivity contribution in [2.45, 2.75) is 25.8 Å². The topological polar surface area (TPSA) is 64.9 Å². The summed E-state index contributed by atoms with van der Waals surface area (Å²) in [5.41, 5.74) is 6.84. The molecule has 0 saturated carbocycles. The van der Waals surface area contributed by atoms with Crippen LogP contribution >= 0.6 is 15.9 Å². The molecule has 4 nitrogen and oxygen atoms in total. The molecule has 90 valence electrons. The van der Waals surface area contributed by atoms with E-state index in [1.807, 2.05) is 24.3 Å². The molecule has 0 fully saturated rings. The lowest BCUT2D eigenvalue weighted by Crippen LogP contribution is -2.09. The van der Waals surface area contributed by atoms with Crippen molar-refractivity contribution in [2.75, 3.05) is 0 Å². The standard InChI is InChI=1S/C12H14BrN3O/c1-2-3-10(14)12-15-11(16-17-12)8-4-6-9(13)7-5-8/h4-7,10H,2-3,14H2,1H3. The Hall–Kier alpha value is -1.20. The van der Waals surface area contributed by atoms with Crippen molar-refractivity contribution in [3.05, 3.63) is 34.6 Å². The van der Waals surface area contributed by atoms with Crippen LogP contribution in [0.1, 0.15) is 31.7 Å². The van der Waals surface area contributed by atoms with Gasteiger partial charge in [-0.15, -0.1) is 0 Å². The Morgan fingerprint density at radius 3 is 2.71 bits per heavy atom. The molecule has 17 heavy (non-hydrogen) atoms. The van der Waals surface area contributed by atoms with Gasteiger partial charge in [-0.3, -0.25) is 0 Å². The van der Waals surface area contributed by atoms with Gasteiger partial charge in [0.05, 0.1) is 6.04 Å². The van der Waals surface area contributed by atoms with Crippen molar-refractivity contribution >= 4 is 15.9 Å². The van der Waals surface area contributed by atoms with Crippen LogP contribution in [-0.2, 0) is 0 Å². The van der Waals surface area contributed by atoms with Crippen LogP contribution in [0, 0.1) is 0 Å². The number of hydrogen-bond donors (Lipinski definition) is 1. The predicted molar refractivity (Wildman–Crippen MR) is 69.3 cm³/mol. The highest BCUT2D eigenvalue weighted by Crippen LogP contribution is 2.21. The van der Waals surface area contributed by atoms with Crippen LogP contribution in [0.5, 0.6) is 0 Å². The van der Waals surface area contributed by atoms with Crippen molar-refractivity contribution in [3.63, 3.8) is 0 Å². The number of benzene rings is 1. The fourth-order valence-electron chi connectivity index (χ4n) is 1.54. The molecule has 1 aromatic carbocycles. The Morgan fingerprint density at radius 2 is 2.06 bits per heavy atom. The van der Waals surface area contributed by atoms with E-state index < -0.39 is 0 Å². The molecule has 1 heterocycles. The number of rotatable bonds is 4. The van der Waals surface area contributed by atoms with Crippen LogP contribution in [0.15, 0.2) is 33.3 Å². The fourth-order valence-corrected chi connectivity index (χ4v) is 1.80. The van der Waals surface area contributed by atoms with Crippen LogP contribution in [0.2, 0.25) is 0 Å². The summed E-state index contributed by atoms with van der Waals surface area (Å²) in [5.74, 6) is 1.09. The predicted octanol–water partition coefficient (Wildman–Crippen LogP) is 3.30. The van der Waals surface area contributed by atoms with E-state index in [1.54, 1.807) is 0 Å². The molecule has 2 rings (SSSR count). The van der Waals surface area contributed by atoms with Crippen molar-refractivity contribution < 1.29 is 4.52 Å². The number of nitrogens with zero attached hydrogens (tertiary/aromatic N) is 2. The van der Waals surface area contributed by atoms with Crippen LogP contribution in [0.3, 0.4) is 0 Å². The summed E-state index contributed by atoms with van der Waals surface area (Å²) < 4.78 is 6.19. The number of hydrogen-bond acceptors (Lipinski definition) is 4.